The van der Waals surface area contributed by atoms with Gasteiger partial charge in [0.25, 0.3) is 0 Å². The average Bonchev–Trinajstić information content (AvgIpc) is 2.50. The summed E-state index contributed by atoms with van der Waals surface area (Å²) in [6.45, 7) is 3.81. The number of nitrogens with zero attached hydrogens (tertiary/aromatic N) is 1. The number of anilines is 2. The highest BCUT2D eigenvalue weighted by Gasteiger charge is 2.15. The van der Waals surface area contributed by atoms with Crippen molar-refractivity contribution in [1.29, 1.82) is 5.26 Å². The highest BCUT2D eigenvalue weighted by Crippen LogP contribution is 2.16. The fourth-order valence-electron chi connectivity index (χ4n) is 1.99. The molecule has 2 N–H and O–H groups in total. The molecule has 0 heterocycles. The van der Waals surface area contributed by atoms with Crippen LogP contribution in [0.5, 0.6) is 0 Å². The van der Waals surface area contributed by atoms with Gasteiger partial charge in [-0.3, -0.25) is 9.59 Å². The summed E-state index contributed by atoms with van der Waals surface area (Å²) in [6, 6.07) is 13.9. The first-order valence-electron chi connectivity index (χ1n) is 6.69. The second kappa shape index (κ2) is 6.55. The van der Waals surface area contributed by atoms with E-state index in [-0.39, 0.29) is 0 Å². The van der Waals surface area contributed by atoms with Crippen molar-refractivity contribution in [1.82, 2.24) is 0 Å². The molecule has 2 amide bonds. The van der Waals surface area contributed by atoms with Gasteiger partial charge < -0.3 is 10.6 Å². The van der Waals surface area contributed by atoms with E-state index < -0.39 is 11.8 Å². The fourth-order valence-corrected chi connectivity index (χ4v) is 1.99. The number of hydrogen-bond acceptors (Lipinski definition) is 3. The maximum Gasteiger partial charge on any atom is 0.314 e. The third-order valence-corrected chi connectivity index (χ3v) is 3.09. The van der Waals surface area contributed by atoms with Crippen molar-refractivity contribution in [3.05, 3.63) is 59.2 Å². The summed E-state index contributed by atoms with van der Waals surface area (Å²) in [5.74, 6) is -1.54. The first-order valence-corrected chi connectivity index (χ1v) is 6.69. The molecule has 5 nitrogen and oxygen atoms in total. The van der Waals surface area contributed by atoms with Crippen LogP contribution in [0.15, 0.2) is 42.5 Å². The van der Waals surface area contributed by atoms with Crippen LogP contribution < -0.4 is 10.6 Å². The van der Waals surface area contributed by atoms with E-state index in [2.05, 4.69) is 10.6 Å². The van der Waals surface area contributed by atoms with E-state index in [0.717, 1.165) is 11.1 Å². The number of benzene rings is 2. The fraction of sp³-hybridized carbons (Fsp3) is 0.118. The maximum absolute atomic E-state index is 11.9. The highest BCUT2D eigenvalue weighted by molar-refractivity contribution is 6.43. The molecule has 110 valence electrons. The molecule has 0 unspecified atom stereocenters. The molecule has 0 bridgehead atoms. The molecule has 0 aromatic heterocycles. The van der Waals surface area contributed by atoms with Crippen LogP contribution in [0.4, 0.5) is 11.4 Å². The van der Waals surface area contributed by atoms with Gasteiger partial charge >= 0.3 is 11.8 Å². The van der Waals surface area contributed by atoms with Crippen LogP contribution in [-0.2, 0) is 9.59 Å². The molecule has 0 saturated carbocycles. The van der Waals surface area contributed by atoms with Gasteiger partial charge in [0.2, 0.25) is 0 Å². The quantitative estimate of drug-likeness (QED) is 0.835. The molecule has 5 heteroatoms. The molecule has 0 radical (unpaired) electrons. The summed E-state index contributed by atoms with van der Waals surface area (Å²) in [5.41, 5.74) is 3.37. The van der Waals surface area contributed by atoms with Crippen molar-refractivity contribution in [3.8, 4) is 6.07 Å². The van der Waals surface area contributed by atoms with Gasteiger partial charge in [0.05, 0.1) is 11.6 Å². The molecule has 22 heavy (non-hydrogen) atoms. The van der Waals surface area contributed by atoms with E-state index in [1.165, 1.54) is 6.07 Å². The van der Waals surface area contributed by atoms with Gasteiger partial charge in [-0.05, 0) is 43.7 Å². The van der Waals surface area contributed by atoms with Gasteiger partial charge in [-0.1, -0.05) is 23.8 Å². The van der Waals surface area contributed by atoms with Crippen LogP contribution in [-0.4, -0.2) is 11.8 Å². The van der Waals surface area contributed by atoms with E-state index in [1.807, 2.05) is 32.0 Å². The van der Waals surface area contributed by atoms with Crippen molar-refractivity contribution in [3.63, 3.8) is 0 Å². The van der Waals surface area contributed by atoms with Crippen LogP contribution in [0, 0.1) is 25.2 Å². The normalized spacial score (nSPS) is 9.68. The summed E-state index contributed by atoms with van der Waals surface area (Å²) in [7, 11) is 0. The molecule has 2 aromatic carbocycles. The number of rotatable bonds is 2. The van der Waals surface area contributed by atoms with Crippen LogP contribution in [0.1, 0.15) is 16.7 Å². The molecule has 0 atom stereocenters. The second-order valence-electron chi connectivity index (χ2n) is 4.92. The molecule has 2 rings (SSSR count). The van der Waals surface area contributed by atoms with E-state index in [4.69, 9.17) is 5.26 Å². The van der Waals surface area contributed by atoms with Crippen LogP contribution in [0.2, 0.25) is 0 Å². The Labute approximate surface area is 128 Å². The minimum absolute atomic E-state index is 0.403. The molecular weight excluding hydrogens is 278 g/mol. The Morgan fingerprint density at radius 3 is 2.41 bits per heavy atom. The molecule has 0 fully saturated rings. The van der Waals surface area contributed by atoms with E-state index in [9.17, 15) is 9.59 Å². The van der Waals surface area contributed by atoms with Crippen LogP contribution in [0.25, 0.3) is 0 Å². The number of nitrogens with one attached hydrogen (secondary N) is 2. The minimum Gasteiger partial charge on any atom is -0.318 e. The number of carbonyl (C=O) groups is 2. The molecule has 0 aliphatic heterocycles. The minimum atomic E-state index is -0.782. The van der Waals surface area contributed by atoms with Crippen molar-refractivity contribution in [2.75, 3.05) is 10.6 Å². The third kappa shape index (κ3) is 3.70. The summed E-state index contributed by atoms with van der Waals surface area (Å²) in [6.07, 6.45) is 0. The van der Waals surface area contributed by atoms with Gasteiger partial charge in [0.15, 0.2) is 0 Å². The third-order valence-electron chi connectivity index (χ3n) is 3.09. The summed E-state index contributed by atoms with van der Waals surface area (Å²) in [5, 5.41) is 13.8. The van der Waals surface area contributed by atoms with Crippen molar-refractivity contribution >= 4 is 23.2 Å². The Hall–Kier alpha value is -3.13. The number of amides is 2. The van der Waals surface area contributed by atoms with Crippen molar-refractivity contribution < 1.29 is 9.59 Å². The molecule has 0 aliphatic carbocycles. The lowest BCUT2D eigenvalue weighted by atomic mass is 10.1. The zero-order valence-electron chi connectivity index (χ0n) is 12.3. The predicted octanol–water partition coefficient (Wildman–Crippen LogP) is 2.75. The number of nitriles is 1. The number of hydrogen-bond donors (Lipinski definition) is 2. The lowest BCUT2D eigenvalue weighted by Crippen LogP contribution is -2.29. The average molecular weight is 293 g/mol. The lowest BCUT2D eigenvalue weighted by Gasteiger charge is -2.09. The Balaban J connectivity index is 2.06. The zero-order chi connectivity index (χ0) is 16.1. The van der Waals surface area contributed by atoms with E-state index in [1.54, 1.807) is 24.3 Å². The zero-order valence-corrected chi connectivity index (χ0v) is 12.3. The summed E-state index contributed by atoms with van der Waals surface area (Å²) in [4.78, 5) is 23.8. The SMILES string of the molecule is Cc1ccc(NC(=O)C(=O)Nc2cccc(C#N)c2)c(C)c1. The lowest BCUT2D eigenvalue weighted by molar-refractivity contribution is -0.133. The van der Waals surface area contributed by atoms with Gasteiger partial charge in [-0.25, -0.2) is 0 Å². The second-order valence-corrected chi connectivity index (χ2v) is 4.92. The van der Waals surface area contributed by atoms with Gasteiger partial charge in [0, 0.05) is 11.4 Å². The molecule has 2 aromatic rings. The van der Waals surface area contributed by atoms with Gasteiger partial charge in [-0.15, -0.1) is 0 Å². The highest BCUT2D eigenvalue weighted by atomic mass is 16.2. The Morgan fingerprint density at radius 2 is 1.73 bits per heavy atom. The maximum atomic E-state index is 11.9. The Bertz CT molecular complexity index is 776. The first-order chi connectivity index (χ1) is 10.5. The van der Waals surface area contributed by atoms with Crippen LogP contribution in [0.3, 0.4) is 0 Å². The monoisotopic (exact) mass is 293 g/mol. The van der Waals surface area contributed by atoms with E-state index in [0.29, 0.717) is 16.9 Å². The smallest absolute Gasteiger partial charge is 0.314 e. The largest absolute Gasteiger partial charge is 0.318 e. The van der Waals surface area contributed by atoms with Crippen molar-refractivity contribution in [2.45, 2.75) is 13.8 Å². The standard InChI is InChI=1S/C17H15N3O2/c1-11-6-7-15(12(2)8-11)20-17(22)16(21)19-14-5-3-4-13(9-14)10-18/h3-9H,1-2H3,(H,19,21)(H,20,22). The van der Waals surface area contributed by atoms with Crippen LogP contribution >= 0.6 is 0 Å². The molecular formula is C17H15N3O2. The summed E-state index contributed by atoms with van der Waals surface area (Å²) < 4.78 is 0. The molecule has 0 saturated heterocycles. The van der Waals surface area contributed by atoms with Crippen molar-refractivity contribution in [2.24, 2.45) is 0 Å². The Kier molecular flexibility index (Phi) is 4.54. The van der Waals surface area contributed by atoms with E-state index >= 15 is 0 Å². The first kappa shape index (κ1) is 15.3. The number of carbonyl (C=O) groups excluding carboxylic acids is 2. The molecule has 0 aliphatic rings. The van der Waals surface area contributed by atoms with Gasteiger partial charge in [-0.2, -0.15) is 5.26 Å². The predicted molar refractivity (Wildman–Crippen MR) is 84.3 cm³/mol. The van der Waals surface area contributed by atoms with Gasteiger partial charge in [0.1, 0.15) is 0 Å². The Morgan fingerprint density at radius 1 is 1.00 bits per heavy atom. The summed E-state index contributed by atoms with van der Waals surface area (Å²) >= 11 is 0. The number of aryl methyl sites for hydroxylation is 2. The topological polar surface area (TPSA) is 82.0 Å². The molecule has 0 spiro atoms.